The molecule has 0 aliphatic rings. The number of nitrogens with zero attached hydrogens (tertiary/aromatic N) is 1. The number of nitrogens with one attached hydrogen (secondary N) is 1. The highest BCUT2D eigenvalue weighted by molar-refractivity contribution is 7.12. The summed E-state index contributed by atoms with van der Waals surface area (Å²) in [5, 5.41) is 5.80. The normalized spacial score (nSPS) is 10.7. The summed E-state index contributed by atoms with van der Waals surface area (Å²) in [7, 11) is 0. The van der Waals surface area contributed by atoms with Gasteiger partial charge in [0.2, 0.25) is 0 Å². The molecule has 0 aliphatic heterocycles. The smallest absolute Gasteiger partial charge is 0.266 e. The first-order valence-electron chi connectivity index (χ1n) is 5.75. The molecule has 2 rings (SSSR count). The Morgan fingerprint density at radius 3 is 2.72 bits per heavy atom. The van der Waals surface area contributed by atoms with Crippen molar-refractivity contribution in [2.45, 2.75) is 13.3 Å². The number of hydrogen-bond acceptors (Lipinski definition) is 3. The predicted octanol–water partition coefficient (Wildman–Crippen LogP) is 3.07. The number of hydrazone groups is 1. The van der Waals surface area contributed by atoms with Crippen LogP contribution in [-0.2, 0) is 6.42 Å². The van der Waals surface area contributed by atoms with Gasteiger partial charge in [-0.25, -0.2) is 5.43 Å². The summed E-state index contributed by atoms with van der Waals surface area (Å²) in [6.07, 6.45) is 2.66. The maximum Gasteiger partial charge on any atom is 0.281 e. The van der Waals surface area contributed by atoms with Crippen molar-refractivity contribution in [1.29, 1.82) is 0 Å². The molecule has 0 unspecified atom stereocenters. The monoisotopic (exact) mass is 258 g/mol. The molecule has 0 fully saturated rings. The van der Waals surface area contributed by atoms with Crippen molar-refractivity contribution in [3.8, 4) is 0 Å². The van der Waals surface area contributed by atoms with Gasteiger partial charge >= 0.3 is 0 Å². The minimum absolute atomic E-state index is 0.175. The Balaban J connectivity index is 1.93. The number of carbonyl (C=O) groups is 1. The molecule has 0 radical (unpaired) electrons. The lowest BCUT2D eigenvalue weighted by Gasteiger charge is -1.98. The Morgan fingerprint density at radius 1 is 1.33 bits per heavy atom. The van der Waals surface area contributed by atoms with Crippen LogP contribution in [0, 0.1) is 0 Å². The van der Waals surface area contributed by atoms with Gasteiger partial charge in [-0.15, -0.1) is 11.3 Å². The predicted molar refractivity (Wildman–Crippen MR) is 75.2 cm³/mol. The third kappa shape index (κ3) is 3.28. The standard InChI is InChI=1S/C14H14N2OS/c1-2-11-5-7-12(8-6-11)10-15-16-14(17)13-4-3-9-18-13/h3-10H,2H2,1H3,(H,16,17)/b15-10-. The number of hydrogen-bond donors (Lipinski definition) is 1. The molecular weight excluding hydrogens is 244 g/mol. The Bertz CT molecular complexity index is 529. The molecule has 0 saturated heterocycles. The Kier molecular flexibility index (Phi) is 4.25. The fourth-order valence-electron chi connectivity index (χ4n) is 1.47. The molecule has 92 valence electrons. The lowest BCUT2D eigenvalue weighted by atomic mass is 10.1. The van der Waals surface area contributed by atoms with Gasteiger partial charge in [-0.3, -0.25) is 4.79 Å². The van der Waals surface area contributed by atoms with Gasteiger partial charge < -0.3 is 0 Å². The Hall–Kier alpha value is -1.94. The maximum atomic E-state index is 11.6. The van der Waals surface area contributed by atoms with E-state index in [-0.39, 0.29) is 5.91 Å². The largest absolute Gasteiger partial charge is 0.281 e. The SMILES string of the molecule is CCc1ccc(/C=N\NC(=O)c2cccs2)cc1. The molecule has 1 aromatic heterocycles. The van der Waals surface area contributed by atoms with Gasteiger partial charge in [-0.2, -0.15) is 5.10 Å². The molecule has 1 amide bonds. The van der Waals surface area contributed by atoms with E-state index in [1.54, 1.807) is 12.3 Å². The van der Waals surface area contributed by atoms with Crippen LogP contribution in [0.25, 0.3) is 0 Å². The highest BCUT2D eigenvalue weighted by Gasteiger charge is 2.03. The van der Waals surface area contributed by atoms with Gasteiger partial charge in [0, 0.05) is 0 Å². The van der Waals surface area contributed by atoms with Crippen molar-refractivity contribution < 1.29 is 4.79 Å². The first-order chi connectivity index (χ1) is 8.79. The van der Waals surface area contributed by atoms with Gasteiger partial charge in [-0.05, 0) is 29.0 Å². The summed E-state index contributed by atoms with van der Waals surface area (Å²) in [4.78, 5) is 12.2. The average molecular weight is 258 g/mol. The molecule has 0 aliphatic carbocycles. The second-order valence-electron chi connectivity index (χ2n) is 3.77. The van der Waals surface area contributed by atoms with Crippen LogP contribution in [0.5, 0.6) is 0 Å². The zero-order valence-electron chi connectivity index (χ0n) is 10.1. The number of benzene rings is 1. The molecule has 1 aromatic carbocycles. The van der Waals surface area contributed by atoms with E-state index < -0.39 is 0 Å². The zero-order valence-corrected chi connectivity index (χ0v) is 10.9. The molecule has 0 saturated carbocycles. The third-order valence-corrected chi connectivity index (χ3v) is 3.38. The number of rotatable bonds is 4. The average Bonchev–Trinajstić information content (AvgIpc) is 2.93. The van der Waals surface area contributed by atoms with Gasteiger partial charge in [0.1, 0.15) is 0 Å². The van der Waals surface area contributed by atoms with E-state index in [0.29, 0.717) is 4.88 Å². The molecule has 1 heterocycles. The van der Waals surface area contributed by atoms with Crippen LogP contribution in [0.15, 0.2) is 46.9 Å². The van der Waals surface area contributed by atoms with Gasteiger partial charge in [0.15, 0.2) is 0 Å². The second kappa shape index (κ2) is 6.12. The quantitative estimate of drug-likeness (QED) is 0.664. The summed E-state index contributed by atoms with van der Waals surface area (Å²) in [5.41, 5.74) is 4.76. The highest BCUT2D eigenvalue weighted by Crippen LogP contribution is 2.07. The number of carbonyl (C=O) groups excluding carboxylic acids is 1. The zero-order chi connectivity index (χ0) is 12.8. The second-order valence-corrected chi connectivity index (χ2v) is 4.72. The summed E-state index contributed by atoms with van der Waals surface area (Å²) in [5.74, 6) is -0.175. The molecule has 0 atom stereocenters. The molecule has 18 heavy (non-hydrogen) atoms. The van der Waals surface area contributed by atoms with Crippen molar-refractivity contribution >= 4 is 23.5 Å². The maximum absolute atomic E-state index is 11.6. The number of aryl methyl sites for hydroxylation is 1. The summed E-state index contributed by atoms with van der Waals surface area (Å²) >= 11 is 1.40. The van der Waals surface area contributed by atoms with E-state index in [2.05, 4.69) is 29.6 Å². The highest BCUT2D eigenvalue weighted by atomic mass is 32.1. The summed E-state index contributed by atoms with van der Waals surface area (Å²) in [6, 6.07) is 11.7. The van der Waals surface area contributed by atoms with Gasteiger partial charge in [0.05, 0.1) is 11.1 Å². The lowest BCUT2D eigenvalue weighted by molar-refractivity contribution is 0.0959. The summed E-state index contributed by atoms with van der Waals surface area (Å²) < 4.78 is 0. The van der Waals surface area contributed by atoms with E-state index in [4.69, 9.17) is 0 Å². The summed E-state index contributed by atoms with van der Waals surface area (Å²) in [6.45, 7) is 2.12. The first kappa shape index (κ1) is 12.5. The van der Waals surface area contributed by atoms with Crippen molar-refractivity contribution in [2.75, 3.05) is 0 Å². The van der Waals surface area contributed by atoms with Gasteiger partial charge in [0.25, 0.3) is 5.91 Å². The number of amides is 1. The van der Waals surface area contributed by atoms with E-state index in [1.807, 2.05) is 23.6 Å². The van der Waals surface area contributed by atoms with Crippen molar-refractivity contribution in [3.05, 3.63) is 57.8 Å². The topological polar surface area (TPSA) is 41.5 Å². The molecule has 3 nitrogen and oxygen atoms in total. The molecule has 1 N–H and O–H groups in total. The first-order valence-corrected chi connectivity index (χ1v) is 6.63. The third-order valence-electron chi connectivity index (χ3n) is 2.51. The van der Waals surface area contributed by atoms with Crippen LogP contribution in [0.4, 0.5) is 0 Å². The molecule has 0 spiro atoms. The molecule has 0 bridgehead atoms. The van der Waals surface area contributed by atoms with Crippen LogP contribution >= 0.6 is 11.3 Å². The molecule has 4 heteroatoms. The van der Waals surface area contributed by atoms with Crippen LogP contribution in [0.1, 0.15) is 27.7 Å². The fourth-order valence-corrected chi connectivity index (χ4v) is 2.08. The van der Waals surface area contributed by atoms with Crippen LogP contribution in [0.2, 0.25) is 0 Å². The van der Waals surface area contributed by atoms with Crippen LogP contribution in [0.3, 0.4) is 0 Å². The van der Waals surface area contributed by atoms with E-state index in [0.717, 1.165) is 12.0 Å². The van der Waals surface area contributed by atoms with Crippen molar-refractivity contribution in [2.24, 2.45) is 5.10 Å². The van der Waals surface area contributed by atoms with E-state index in [1.165, 1.54) is 16.9 Å². The minimum Gasteiger partial charge on any atom is -0.266 e. The Morgan fingerprint density at radius 2 is 2.11 bits per heavy atom. The lowest BCUT2D eigenvalue weighted by Crippen LogP contribution is -2.16. The fraction of sp³-hybridized carbons (Fsp3) is 0.143. The van der Waals surface area contributed by atoms with Crippen LogP contribution < -0.4 is 5.43 Å². The van der Waals surface area contributed by atoms with Crippen molar-refractivity contribution in [3.63, 3.8) is 0 Å². The van der Waals surface area contributed by atoms with E-state index >= 15 is 0 Å². The van der Waals surface area contributed by atoms with Crippen molar-refractivity contribution in [1.82, 2.24) is 5.43 Å². The minimum atomic E-state index is -0.175. The Labute approximate surface area is 110 Å². The van der Waals surface area contributed by atoms with Gasteiger partial charge in [-0.1, -0.05) is 37.3 Å². The van der Waals surface area contributed by atoms with Crippen LogP contribution in [-0.4, -0.2) is 12.1 Å². The number of thiophene rings is 1. The molecule has 2 aromatic rings. The molecular formula is C14H14N2OS. The van der Waals surface area contributed by atoms with E-state index in [9.17, 15) is 4.79 Å².